The molecular formula is C20H22FNO5S. The zero-order chi connectivity index (χ0) is 20.0. The van der Waals surface area contributed by atoms with Crippen LogP contribution in [-0.2, 0) is 14.8 Å². The minimum Gasteiger partial charge on any atom is -0.493 e. The summed E-state index contributed by atoms with van der Waals surface area (Å²) in [5.41, 5.74) is 0.292. The smallest absolute Gasteiger partial charge is 0.338 e. The topological polar surface area (TPSA) is 72.9 Å². The lowest BCUT2D eigenvalue weighted by Crippen LogP contribution is -2.27. The third-order valence-corrected chi connectivity index (χ3v) is 6.31. The van der Waals surface area contributed by atoms with Crippen LogP contribution in [0.25, 0.3) is 0 Å². The van der Waals surface area contributed by atoms with Gasteiger partial charge in [-0.25, -0.2) is 17.6 Å². The predicted molar refractivity (Wildman–Crippen MR) is 101 cm³/mol. The van der Waals surface area contributed by atoms with Crippen LogP contribution < -0.4 is 4.74 Å². The molecule has 1 fully saturated rings. The number of esters is 1. The van der Waals surface area contributed by atoms with Crippen LogP contribution in [0.3, 0.4) is 0 Å². The van der Waals surface area contributed by atoms with Gasteiger partial charge in [-0.1, -0.05) is 0 Å². The van der Waals surface area contributed by atoms with Gasteiger partial charge in [0, 0.05) is 19.5 Å². The van der Waals surface area contributed by atoms with Gasteiger partial charge in [-0.3, -0.25) is 0 Å². The summed E-state index contributed by atoms with van der Waals surface area (Å²) in [6.07, 6.45) is 2.22. The minimum atomic E-state index is -3.49. The van der Waals surface area contributed by atoms with Crippen molar-refractivity contribution in [2.45, 2.75) is 24.2 Å². The second-order valence-electron chi connectivity index (χ2n) is 6.43. The summed E-state index contributed by atoms with van der Waals surface area (Å²) in [6.45, 7) is 1.55. The van der Waals surface area contributed by atoms with Crippen LogP contribution in [-0.4, -0.2) is 45.0 Å². The van der Waals surface area contributed by atoms with Crippen LogP contribution >= 0.6 is 0 Å². The third kappa shape index (κ3) is 5.08. The van der Waals surface area contributed by atoms with Crippen molar-refractivity contribution >= 4 is 16.0 Å². The summed E-state index contributed by atoms with van der Waals surface area (Å²) >= 11 is 0. The first kappa shape index (κ1) is 20.3. The zero-order valence-corrected chi connectivity index (χ0v) is 16.2. The number of sulfonamides is 1. The number of halogens is 1. The third-order valence-electron chi connectivity index (χ3n) is 4.40. The minimum absolute atomic E-state index is 0.161. The van der Waals surface area contributed by atoms with Crippen LogP contribution in [0.5, 0.6) is 5.75 Å². The van der Waals surface area contributed by atoms with E-state index in [1.165, 1.54) is 52.8 Å². The van der Waals surface area contributed by atoms with Crippen LogP contribution in [0.1, 0.15) is 29.6 Å². The normalized spacial score (nSPS) is 14.8. The summed E-state index contributed by atoms with van der Waals surface area (Å²) in [4.78, 5) is 12.2. The first-order valence-electron chi connectivity index (χ1n) is 9.12. The average molecular weight is 407 g/mol. The molecule has 0 atom stereocenters. The molecule has 1 heterocycles. The van der Waals surface area contributed by atoms with E-state index in [0.29, 0.717) is 37.4 Å². The molecule has 0 saturated carbocycles. The molecule has 1 aliphatic rings. The fourth-order valence-corrected chi connectivity index (χ4v) is 4.39. The van der Waals surface area contributed by atoms with Gasteiger partial charge in [-0.05, 0) is 61.4 Å². The molecule has 1 aliphatic heterocycles. The van der Waals surface area contributed by atoms with Crippen molar-refractivity contribution in [1.29, 1.82) is 0 Å². The van der Waals surface area contributed by atoms with Gasteiger partial charge in [-0.2, -0.15) is 4.31 Å². The average Bonchev–Trinajstić information content (AvgIpc) is 3.25. The lowest BCUT2D eigenvalue weighted by molar-refractivity contribution is 0.0486. The quantitative estimate of drug-likeness (QED) is 0.496. The number of rotatable bonds is 8. The van der Waals surface area contributed by atoms with Crippen molar-refractivity contribution in [2.24, 2.45) is 0 Å². The van der Waals surface area contributed by atoms with E-state index in [0.717, 1.165) is 12.8 Å². The first-order chi connectivity index (χ1) is 13.5. The van der Waals surface area contributed by atoms with E-state index in [1.54, 1.807) is 0 Å². The highest BCUT2D eigenvalue weighted by atomic mass is 32.2. The molecule has 2 aromatic rings. The number of hydrogen-bond donors (Lipinski definition) is 0. The molecule has 0 aliphatic carbocycles. The second kappa shape index (κ2) is 9.16. The van der Waals surface area contributed by atoms with Crippen LogP contribution in [0.15, 0.2) is 53.4 Å². The maximum atomic E-state index is 12.8. The van der Waals surface area contributed by atoms with E-state index in [4.69, 9.17) is 9.47 Å². The number of nitrogens with zero attached hydrogens (tertiary/aromatic N) is 1. The Morgan fingerprint density at radius 1 is 0.964 bits per heavy atom. The van der Waals surface area contributed by atoms with E-state index in [2.05, 4.69) is 0 Å². The molecule has 28 heavy (non-hydrogen) atoms. The van der Waals surface area contributed by atoms with Gasteiger partial charge < -0.3 is 9.47 Å². The maximum Gasteiger partial charge on any atom is 0.338 e. The Labute approximate surface area is 163 Å². The number of carbonyl (C=O) groups is 1. The SMILES string of the molecule is O=C(OCCCOc1ccc(F)cc1)c1ccc(S(=O)(=O)N2CCCC2)cc1. The molecule has 150 valence electrons. The van der Waals surface area contributed by atoms with Gasteiger partial charge in [0.25, 0.3) is 0 Å². The molecule has 2 aromatic carbocycles. The molecule has 0 aromatic heterocycles. The predicted octanol–water partition coefficient (Wildman–Crippen LogP) is 3.24. The Balaban J connectivity index is 1.45. The monoisotopic (exact) mass is 407 g/mol. The maximum absolute atomic E-state index is 12.8. The van der Waals surface area contributed by atoms with Crippen molar-refractivity contribution in [3.63, 3.8) is 0 Å². The summed E-state index contributed by atoms with van der Waals surface area (Å²) in [5, 5.41) is 0. The Kier molecular flexibility index (Phi) is 6.64. The van der Waals surface area contributed by atoms with E-state index in [9.17, 15) is 17.6 Å². The molecule has 6 nitrogen and oxygen atoms in total. The largest absolute Gasteiger partial charge is 0.493 e. The van der Waals surface area contributed by atoms with Crippen LogP contribution in [0.4, 0.5) is 4.39 Å². The molecule has 0 radical (unpaired) electrons. The van der Waals surface area contributed by atoms with Gasteiger partial charge in [-0.15, -0.1) is 0 Å². The second-order valence-corrected chi connectivity index (χ2v) is 8.37. The molecule has 0 unspecified atom stereocenters. The van der Waals surface area contributed by atoms with Crippen molar-refractivity contribution in [1.82, 2.24) is 4.31 Å². The fourth-order valence-electron chi connectivity index (χ4n) is 2.87. The highest BCUT2D eigenvalue weighted by molar-refractivity contribution is 7.89. The molecule has 3 rings (SSSR count). The van der Waals surface area contributed by atoms with Crippen molar-refractivity contribution in [3.8, 4) is 5.75 Å². The van der Waals surface area contributed by atoms with Gasteiger partial charge in [0.1, 0.15) is 11.6 Å². The Hall–Kier alpha value is -2.45. The first-order valence-corrected chi connectivity index (χ1v) is 10.6. The molecule has 1 saturated heterocycles. The van der Waals surface area contributed by atoms with Crippen molar-refractivity contribution < 1.29 is 27.1 Å². The Bertz CT molecular complexity index is 891. The highest BCUT2D eigenvalue weighted by Gasteiger charge is 2.27. The molecule has 0 spiro atoms. The van der Waals surface area contributed by atoms with Gasteiger partial charge in [0.05, 0.1) is 23.7 Å². The molecule has 0 N–H and O–H groups in total. The van der Waals surface area contributed by atoms with E-state index < -0.39 is 16.0 Å². The number of benzene rings is 2. The summed E-state index contributed by atoms with van der Waals surface area (Å²) in [6, 6.07) is 11.5. The van der Waals surface area contributed by atoms with E-state index in [1.807, 2.05) is 0 Å². The fraction of sp³-hybridized carbons (Fsp3) is 0.350. The lowest BCUT2D eigenvalue weighted by atomic mass is 10.2. The Morgan fingerprint density at radius 2 is 1.61 bits per heavy atom. The van der Waals surface area contributed by atoms with E-state index in [-0.39, 0.29) is 17.3 Å². The molecule has 0 bridgehead atoms. The summed E-state index contributed by atoms with van der Waals surface area (Å²) in [7, 11) is -3.49. The Morgan fingerprint density at radius 3 is 2.25 bits per heavy atom. The summed E-state index contributed by atoms with van der Waals surface area (Å²) in [5.74, 6) is -0.310. The van der Waals surface area contributed by atoms with Gasteiger partial charge >= 0.3 is 5.97 Å². The van der Waals surface area contributed by atoms with Crippen LogP contribution in [0, 0.1) is 5.82 Å². The highest BCUT2D eigenvalue weighted by Crippen LogP contribution is 2.21. The molecule has 8 heteroatoms. The van der Waals surface area contributed by atoms with Crippen molar-refractivity contribution in [2.75, 3.05) is 26.3 Å². The van der Waals surface area contributed by atoms with Gasteiger partial charge in [0.2, 0.25) is 10.0 Å². The number of carbonyl (C=O) groups excluding carboxylic acids is 1. The standard InChI is InChI=1S/C20H22FNO5S/c21-17-6-8-18(9-7-17)26-14-3-15-27-20(23)16-4-10-19(11-5-16)28(24,25)22-12-1-2-13-22/h4-11H,1-3,12-15H2. The van der Waals surface area contributed by atoms with Gasteiger partial charge in [0.15, 0.2) is 0 Å². The van der Waals surface area contributed by atoms with Crippen molar-refractivity contribution in [3.05, 3.63) is 59.9 Å². The number of ether oxygens (including phenoxy) is 2. The molecule has 0 amide bonds. The molecular weight excluding hydrogens is 385 g/mol. The summed E-state index contributed by atoms with van der Waals surface area (Å²) < 4.78 is 49.8. The lowest BCUT2D eigenvalue weighted by Gasteiger charge is -2.15. The number of hydrogen-bond acceptors (Lipinski definition) is 5. The van der Waals surface area contributed by atoms with E-state index >= 15 is 0 Å². The zero-order valence-electron chi connectivity index (χ0n) is 15.3. The van der Waals surface area contributed by atoms with Crippen LogP contribution in [0.2, 0.25) is 0 Å².